The van der Waals surface area contributed by atoms with E-state index in [-0.39, 0.29) is 22.9 Å². The maximum Gasteiger partial charge on any atom is 0.223 e. The van der Waals surface area contributed by atoms with E-state index in [0.717, 1.165) is 0 Å². The number of aryl methyl sites for hydroxylation is 2. The maximum absolute atomic E-state index is 12.6. The summed E-state index contributed by atoms with van der Waals surface area (Å²) in [7, 11) is 7.77. The fourth-order valence-electron chi connectivity index (χ4n) is 4.10. The minimum absolute atomic E-state index is 0.182. The first-order valence-corrected chi connectivity index (χ1v) is 10.2. The summed E-state index contributed by atoms with van der Waals surface area (Å²) in [5.74, 6) is -1.02. The summed E-state index contributed by atoms with van der Waals surface area (Å²) in [5.41, 5.74) is 0.804. The molecule has 0 fully saturated rings. The molecule has 2 N–H and O–H groups in total. The highest BCUT2D eigenvalue weighted by molar-refractivity contribution is 5.61. The molecule has 3 aromatic rings. The highest BCUT2D eigenvalue weighted by Gasteiger charge is 2.34. The van der Waals surface area contributed by atoms with Gasteiger partial charge in [-0.1, -0.05) is 6.07 Å². The molecular formula is C24H28N2O7. The molecule has 0 unspecified atom stereocenters. The van der Waals surface area contributed by atoms with E-state index in [1.165, 1.54) is 33.5 Å². The minimum atomic E-state index is -0.977. The molecule has 33 heavy (non-hydrogen) atoms. The van der Waals surface area contributed by atoms with Gasteiger partial charge in [-0.2, -0.15) is 0 Å². The van der Waals surface area contributed by atoms with Crippen LogP contribution in [0.5, 0.6) is 28.7 Å². The maximum atomic E-state index is 12.6. The van der Waals surface area contributed by atoms with Crippen LogP contribution in [0.1, 0.15) is 34.3 Å². The summed E-state index contributed by atoms with van der Waals surface area (Å²) in [6.45, 7) is 3.45. The SMILES string of the molecule is COc1ccc(C(c2c(O)c(=O)cc(C)n2C)c2c(O)c(=O)cc(C)n2C)c(OC)c1OC. The highest BCUT2D eigenvalue weighted by atomic mass is 16.5. The van der Waals surface area contributed by atoms with Gasteiger partial charge in [-0.15, -0.1) is 0 Å². The average molecular weight is 456 g/mol. The van der Waals surface area contributed by atoms with E-state index in [9.17, 15) is 19.8 Å². The van der Waals surface area contributed by atoms with Gasteiger partial charge in [0.2, 0.25) is 16.6 Å². The first-order chi connectivity index (χ1) is 15.6. The van der Waals surface area contributed by atoms with E-state index in [2.05, 4.69) is 0 Å². The van der Waals surface area contributed by atoms with Crippen LogP contribution >= 0.6 is 0 Å². The molecule has 0 bridgehead atoms. The Hall–Kier alpha value is -3.88. The molecule has 0 atom stereocenters. The van der Waals surface area contributed by atoms with Gasteiger partial charge in [-0.25, -0.2) is 0 Å². The highest BCUT2D eigenvalue weighted by Crippen LogP contribution is 2.48. The van der Waals surface area contributed by atoms with Gasteiger partial charge >= 0.3 is 0 Å². The van der Waals surface area contributed by atoms with E-state index >= 15 is 0 Å². The van der Waals surface area contributed by atoms with Crippen LogP contribution in [-0.2, 0) is 14.1 Å². The molecule has 0 aliphatic rings. The lowest BCUT2D eigenvalue weighted by molar-refractivity contribution is 0.321. The molecule has 0 amide bonds. The molecule has 9 heteroatoms. The number of pyridine rings is 2. The van der Waals surface area contributed by atoms with Crippen molar-refractivity contribution in [2.24, 2.45) is 14.1 Å². The first kappa shape index (κ1) is 23.8. The molecule has 0 spiro atoms. The number of methoxy groups -OCH3 is 3. The monoisotopic (exact) mass is 456 g/mol. The molecule has 2 aromatic heterocycles. The summed E-state index contributed by atoms with van der Waals surface area (Å²) in [4.78, 5) is 25.2. The molecule has 1 aromatic carbocycles. The second kappa shape index (κ2) is 8.93. The molecule has 2 heterocycles. The number of hydrogen-bond donors (Lipinski definition) is 2. The minimum Gasteiger partial charge on any atom is -0.503 e. The largest absolute Gasteiger partial charge is 0.503 e. The molecule has 9 nitrogen and oxygen atoms in total. The Labute approximate surface area is 191 Å². The van der Waals surface area contributed by atoms with Crippen LogP contribution in [0.4, 0.5) is 0 Å². The predicted octanol–water partition coefficient (Wildman–Crippen LogP) is 2.32. The van der Waals surface area contributed by atoms with E-state index < -0.39 is 28.3 Å². The van der Waals surface area contributed by atoms with Crippen molar-refractivity contribution in [2.45, 2.75) is 19.8 Å². The van der Waals surface area contributed by atoms with Crippen molar-refractivity contribution in [2.75, 3.05) is 21.3 Å². The van der Waals surface area contributed by atoms with E-state index in [4.69, 9.17) is 14.2 Å². The lowest BCUT2D eigenvalue weighted by atomic mass is 9.88. The fraction of sp³-hybridized carbons (Fsp3) is 0.333. The number of nitrogens with zero attached hydrogens (tertiary/aromatic N) is 2. The first-order valence-electron chi connectivity index (χ1n) is 10.2. The van der Waals surface area contributed by atoms with Crippen molar-refractivity contribution >= 4 is 0 Å². The van der Waals surface area contributed by atoms with Crippen LogP contribution in [0.15, 0.2) is 33.9 Å². The van der Waals surface area contributed by atoms with Crippen LogP contribution < -0.4 is 25.1 Å². The van der Waals surface area contributed by atoms with Gasteiger partial charge in [-0.3, -0.25) is 9.59 Å². The number of aromatic nitrogens is 2. The lowest BCUT2D eigenvalue weighted by Crippen LogP contribution is -2.24. The van der Waals surface area contributed by atoms with Crippen molar-refractivity contribution in [1.82, 2.24) is 9.13 Å². The van der Waals surface area contributed by atoms with E-state index in [0.29, 0.717) is 22.7 Å². The normalized spacial score (nSPS) is 11.0. The van der Waals surface area contributed by atoms with Crippen LogP contribution in [0.2, 0.25) is 0 Å². The van der Waals surface area contributed by atoms with Gasteiger partial charge in [0.1, 0.15) is 0 Å². The van der Waals surface area contributed by atoms with Crippen LogP contribution in [0, 0.1) is 13.8 Å². The van der Waals surface area contributed by atoms with Gasteiger partial charge < -0.3 is 33.6 Å². The Balaban J connectivity index is 2.59. The standard InChI is InChI=1S/C24H28N2O7/c1-12-10-15(27)21(29)19(25(12)3)18(20-22(30)16(28)11-13(2)26(20)4)14-8-9-17(31-5)24(33-7)23(14)32-6/h8-11,18,29-30H,1-7H3. The summed E-state index contributed by atoms with van der Waals surface area (Å²) in [6, 6.07) is 5.97. The Morgan fingerprint density at radius 1 is 0.758 bits per heavy atom. The van der Waals surface area contributed by atoms with Gasteiger partial charge in [0.15, 0.2) is 23.0 Å². The quantitative estimate of drug-likeness (QED) is 0.585. The smallest absolute Gasteiger partial charge is 0.223 e. The lowest BCUT2D eigenvalue weighted by Gasteiger charge is -2.28. The Morgan fingerprint density at radius 3 is 1.61 bits per heavy atom. The van der Waals surface area contributed by atoms with Crippen molar-refractivity contribution < 1.29 is 24.4 Å². The van der Waals surface area contributed by atoms with Crippen molar-refractivity contribution in [3.63, 3.8) is 0 Å². The number of ether oxygens (including phenoxy) is 3. The van der Waals surface area contributed by atoms with Crippen molar-refractivity contribution in [1.29, 1.82) is 0 Å². The molecular weight excluding hydrogens is 428 g/mol. The number of rotatable bonds is 6. The third-order valence-electron chi connectivity index (χ3n) is 6.01. The average Bonchev–Trinajstić information content (AvgIpc) is 2.79. The van der Waals surface area contributed by atoms with Crippen molar-refractivity contribution in [3.8, 4) is 28.7 Å². The number of aromatic hydroxyl groups is 2. The summed E-state index contributed by atoms with van der Waals surface area (Å²) in [5, 5.41) is 21.8. The van der Waals surface area contributed by atoms with E-state index in [1.54, 1.807) is 49.2 Å². The molecule has 3 rings (SSSR count). The Morgan fingerprint density at radius 2 is 1.21 bits per heavy atom. The predicted molar refractivity (Wildman–Crippen MR) is 123 cm³/mol. The number of benzene rings is 1. The molecule has 176 valence electrons. The fourth-order valence-corrected chi connectivity index (χ4v) is 4.10. The zero-order chi connectivity index (χ0) is 24.6. The summed E-state index contributed by atoms with van der Waals surface area (Å²) < 4.78 is 19.9. The van der Waals surface area contributed by atoms with Crippen LogP contribution in [0.25, 0.3) is 0 Å². The molecule has 0 aliphatic heterocycles. The Bertz CT molecular complexity index is 1270. The molecule has 0 aliphatic carbocycles. The molecule has 0 radical (unpaired) electrons. The Kier molecular flexibility index (Phi) is 6.44. The van der Waals surface area contributed by atoms with Crippen LogP contribution in [0.3, 0.4) is 0 Å². The topological polar surface area (TPSA) is 112 Å². The summed E-state index contributed by atoms with van der Waals surface area (Å²) in [6.07, 6.45) is 0. The van der Waals surface area contributed by atoms with Gasteiger partial charge in [0.25, 0.3) is 0 Å². The molecule has 0 saturated carbocycles. The van der Waals surface area contributed by atoms with Gasteiger partial charge in [0.05, 0.1) is 38.6 Å². The third-order valence-corrected chi connectivity index (χ3v) is 6.01. The zero-order valence-corrected chi connectivity index (χ0v) is 19.7. The molecule has 0 saturated heterocycles. The van der Waals surface area contributed by atoms with Crippen LogP contribution in [-0.4, -0.2) is 40.7 Å². The number of hydrogen-bond acceptors (Lipinski definition) is 7. The van der Waals surface area contributed by atoms with E-state index in [1.807, 2.05) is 0 Å². The van der Waals surface area contributed by atoms with Crippen molar-refractivity contribution in [3.05, 3.63) is 73.1 Å². The third kappa shape index (κ3) is 3.79. The summed E-state index contributed by atoms with van der Waals surface area (Å²) >= 11 is 0. The second-order valence-electron chi connectivity index (χ2n) is 7.74. The van der Waals surface area contributed by atoms with Gasteiger partial charge in [0, 0.05) is 43.2 Å². The van der Waals surface area contributed by atoms with Gasteiger partial charge in [-0.05, 0) is 19.9 Å². The second-order valence-corrected chi connectivity index (χ2v) is 7.74. The zero-order valence-electron chi connectivity index (χ0n) is 19.7.